The molecule has 1 heterocycles. The van der Waals surface area contributed by atoms with Gasteiger partial charge in [0.05, 0.1) is 5.75 Å². The number of anilines is 1. The van der Waals surface area contributed by atoms with Gasteiger partial charge in [-0.3, -0.25) is 4.79 Å². The number of hydrogen-bond acceptors (Lipinski definition) is 6. The summed E-state index contributed by atoms with van der Waals surface area (Å²) in [7, 11) is -2.95. The van der Waals surface area contributed by atoms with E-state index in [2.05, 4.69) is 52.7 Å². The van der Waals surface area contributed by atoms with Gasteiger partial charge in [-0.25, -0.2) is 13.4 Å². The summed E-state index contributed by atoms with van der Waals surface area (Å²) >= 11 is 0. The molecule has 8 nitrogen and oxygen atoms in total. The molecule has 1 amide bonds. The SMILES string of the molecule is CC1(C)CC=C(c2cc(C3CCC(NCCS(C)(=O)=O)CC3)ccc2NC(=O)c2nc(C#N)c[nH]2)CC1. The number of aromatic nitrogens is 2. The third kappa shape index (κ3) is 7.30. The number of nitrogens with zero attached hydrogens (tertiary/aromatic N) is 2. The van der Waals surface area contributed by atoms with E-state index in [1.807, 2.05) is 12.1 Å². The summed E-state index contributed by atoms with van der Waals surface area (Å²) in [5.41, 5.74) is 4.80. The highest BCUT2D eigenvalue weighted by Crippen LogP contribution is 2.42. The fourth-order valence-corrected chi connectivity index (χ4v) is 5.76. The largest absolute Gasteiger partial charge is 0.339 e. The summed E-state index contributed by atoms with van der Waals surface area (Å²) in [6, 6.07) is 8.63. The minimum atomic E-state index is -2.95. The van der Waals surface area contributed by atoms with Crippen LogP contribution in [0.25, 0.3) is 5.57 Å². The summed E-state index contributed by atoms with van der Waals surface area (Å²) in [6.07, 6.45) is 12.1. The predicted molar refractivity (Wildman–Crippen MR) is 146 cm³/mol. The van der Waals surface area contributed by atoms with Gasteiger partial charge >= 0.3 is 0 Å². The van der Waals surface area contributed by atoms with E-state index in [4.69, 9.17) is 5.26 Å². The second-order valence-electron chi connectivity index (χ2n) is 11.2. The molecule has 0 bridgehead atoms. The highest BCUT2D eigenvalue weighted by atomic mass is 32.2. The first kappa shape index (κ1) is 27.1. The molecule has 0 radical (unpaired) electrons. The molecule has 9 heteroatoms. The molecule has 198 valence electrons. The third-order valence-electron chi connectivity index (χ3n) is 7.62. The predicted octanol–water partition coefficient (Wildman–Crippen LogP) is 4.79. The van der Waals surface area contributed by atoms with Gasteiger partial charge in [-0.2, -0.15) is 5.26 Å². The minimum absolute atomic E-state index is 0.118. The number of hydrogen-bond donors (Lipinski definition) is 3. The van der Waals surface area contributed by atoms with Crippen molar-refractivity contribution in [3.05, 3.63) is 53.1 Å². The molecular weight excluding hydrogens is 486 g/mol. The fourth-order valence-electron chi connectivity index (χ4n) is 5.27. The Morgan fingerprint density at radius 1 is 1.24 bits per heavy atom. The average Bonchev–Trinajstić information content (AvgIpc) is 3.34. The van der Waals surface area contributed by atoms with E-state index >= 15 is 0 Å². The fraction of sp³-hybridized carbons (Fsp3) is 0.536. The Labute approximate surface area is 219 Å². The Bertz CT molecular complexity index is 1310. The monoisotopic (exact) mass is 523 g/mol. The van der Waals surface area contributed by atoms with Crippen molar-refractivity contribution in [3.8, 4) is 6.07 Å². The number of nitriles is 1. The third-order valence-corrected chi connectivity index (χ3v) is 8.57. The zero-order valence-electron chi connectivity index (χ0n) is 21.9. The summed E-state index contributed by atoms with van der Waals surface area (Å²) in [5, 5.41) is 15.4. The van der Waals surface area contributed by atoms with E-state index in [0.717, 1.165) is 56.2 Å². The lowest BCUT2D eigenvalue weighted by Gasteiger charge is -2.31. The lowest BCUT2D eigenvalue weighted by Crippen LogP contribution is -2.35. The zero-order valence-corrected chi connectivity index (χ0v) is 22.7. The number of H-pyrrole nitrogens is 1. The number of amides is 1. The van der Waals surface area contributed by atoms with Gasteiger partial charge in [0.1, 0.15) is 15.9 Å². The first-order chi connectivity index (χ1) is 17.5. The molecular formula is C28H37N5O3S. The van der Waals surface area contributed by atoms with Crippen LogP contribution in [-0.2, 0) is 9.84 Å². The van der Waals surface area contributed by atoms with Gasteiger partial charge in [0.25, 0.3) is 5.91 Å². The number of benzene rings is 1. The van der Waals surface area contributed by atoms with Gasteiger partial charge in [0.15, 0.2) is 11.5 Å². The number of sulfone groups is 1. The van der Waals surface area contributed by atoms with Crippen LogP contribution in [0.4, 0.5) is 5.69 Å². The quantitative estimate of drug-likeness (QED) is 0.457. The van der Waals surface area contributed by atoms with Crippen LogP contribution in [0, 0.1) is 16.7 Å². The maximum absolute atomic E-state index is 12.9. The van der Waals surface area contributed by atoms with Gasteiger partial charge in [0.2, 0.25) is 0 Å². The maximum atomic E-state index is 12.9. The van der Waals surface area contributed by atoms with Crippen molar-refractivity contribution < 1.29 is 13.2 Å². The molecule has 2 aliphatic rings. The molecule has 2 aromatic rings. The Morgan fingerprint density at radius 3 is 2.62 bits per heavy atom. The van der Waals surface area contributed by atoms with Crippen LogP contribution in [-0.4, -0.2) is 48.9 Å². The zero-order chi connectivity index (χ0) is 26.6. The molecule has 0 unspecified atom stereocenters. The Morgan fingerprint density at radius 2 is 2.00 bits per heavy atom. The van der Waals surface area contributed by atoms with E-state index in [1.165, 1.54) is 23.6 Å². The lowest BCUT2D eigenvalue weighted by molar-refractivity contribution is 0.101. The summed E-state index contributed by atoms with van der Waals surface area (Å²) in [6.45, 7) is 5.07. The van der Waals surface area contributed by atoms with Gasteiger partial charge in [-0.05, 0) is 79.5 Å². The number of rotatable bonds is 8. The summed E-state index contributed by atoms with van der Waals surface area (Å²) in [4.78, 5) is 19.7. The Kier molecular flexibility index (Phi) is 8.20. The second kappa shape index (κ2) is 11.2. The molecule has 2 aliphatic carbocycles. The van der Waals surface area contributed by atoms with Crippen LogP contribution in [0.15, 0.2) is 30.5 Å². The van der Waals surface area contributed by atoms with Gasteiger partial charge in [0, 0.05) is 36.3 Å². The first-order valence-electron chi connectivity index (χ1n) is 13.0. The van der Waals surface area contributed by atoms with E-state index < -0.39 is 9.84 Å². The molecule has 1 fully saturated rings. The van der Waals surface area contributed by atoms with Crippen molar-refractivity contribution in [1.82, 2.24) is 15.3 Å². The van der Waals surface area contributed by atoms with Gasteiger partial charge in [-0.15, -0.1) is 0 Å². The normalized spacial score (nSPS) is 21.6. The molecule has 0 saturated heterocycles. The van der Waals surface area contributed by atoms with Crippen LogP contribution in [0.2, 0.25) is 0 Å². The highest BCUT2D eigenvalue weighted by molar-refractivity contribution is 7.90. The van der Waals surface area contributed by atoms with E-state index in [9.17, 15) is 13.2 Å². The van der Waals surface area contributed by atoms with Crippen molar-refractivity contribution in [3.63, 3.8) is 0 Å². The van der Waals surface area contributed by atoms with Crippen molar-refractivity contribution in [2.24, 2.45) is 5.41 Å². The Balaban J connectivity index is 1.50. The number of carbonyl (C=O) groups is 1. The summed E-state index contributed by atoms with van der Waals surface area (Å²) in [5.74, 6) is 0.353. The van der Waals surface area contributed by atoms with E-state index in [0.29, 0.717) is 18.5 Å². The molecule has 0 atom stereocenters. The van der Waals surface area contributed by atoms with Crippen molar-refractivity contribution >= 4 is 27.0 Å². The number of nitrogens with one attached hydrogen (secondary N) is 3. The van der Waals surface area contributed by atoms with Crippen molar-refractivity contribution in [1.29, 1.82) is 5.26 Å². The molecule has 1 aromatic heterocycles. The van der Waals surface area contributed by atoms with Crippen LogP contribution in [0.1, 0.15) is 92.2 Å². The van der Waals surface area contributed by atoms with Gasteiger partial charge < -0.3 is 15.6 Å². The molecule has 1 aromatic carbocycles. The topological polar surface area (TPSA) is 128 Å². The van der Waals surface area contributed by atoms with Crippen LogP contribution >= 0.6 is 0 Å². The first-order valence-corrected chi connectivity index (χ1v) is 15.1. The highest BCUT2D eigenvalue weighted by Gasteiger charge is 2.26. The van der Waals surface area contributed by atoms with E-state index in [-0.39, 0.29) is 28.6 Å². The standard InChI is InChI=1S/C28H37N5O3S/c1-28(2)12-10-20(11-13-28)24-16-21(19-4-7-22(8-5-19)30-14-15-37(3,35)36)6-9-25(24)33-27(34)26-31-18-23(17-29)32-26/h6,9-10,16,18-19,22,30H,4-5,7-8,11-15H2,1-3H3,(H,31,32)(H,33,34). The number of aromatic amines is 1. The number of imidazole rings is 1. The minimum Gasteiger partial charge on any atom is -0.339 e. The molecule has 1 saturated carbocycles. The van der Waals surface area contributed by atoms with E-state index in [1.54, 1.807) is 0 Å². The molecule has 4 rings (SSSR count). The lowest BCUT2D eigenvalue weighted by atomic mass is 9.76. The Hall–Kier alpha value is -2.96. The maximum Gasteiger partial charge on any atom is 0.291 e. The smallest absolute Gasteiger partial charge is 0.291 e. The van der Waals surface area contributed by atoms with Crippen LogP contribution in [0.3, 0.4) is 0 Å². The molecule has 37 heavy (non-hydrogen) atoms. The summed E-state index contributed by atoms with van der Waals surface area (Å²) < 4.78 is 22.8. The van der Waals surface area contributed by atoms with Crippen LogP contribution < -0.4 is 10.6 Å². The van der Waals surface area contributed by atoms with Crippen molar-refractivity contribution in [2.45, 2.75) is 70.8 Å². The van der Waals surface area contributed by atoms with Crippen LogP contribution in [0.5, 0.6) is 0 Å². The number of carbonyl (C=O) groups excluding carboxylic acids is 1. The average molecular weight is 524 g/mol. The number of allylic oxidation sites excluding steroid dienone is 2. The van der Waals surface area contributed by atoms with Crippen molar-refractivity contribution in [2.75, 3.05) is 23.9 Å². The second-order valence-corrected chi connectivity index (χ2v) is 13.5. The molecule has 0 spiro atoms. The molecule has 3 N–H and O–H groups in total. The molecule has 0 aliphatic heterocycles. The van der Waals surface area contributed by atoms with Gasteiger partial charge in [-0.1, -0.05) is 26.0 Å².